The first-order chi connectivity index (χ1) is 7.71. The third-order valence-corrected chi connectivity index (χ3v) is 3.43. The van der Waals surface area contributed by atoms with Gasteiger partial charge in [0.25, 0.3) is 0 Å². The highest BCUT2D eigenvalue weighted by Gasteiger charge is 2.15. The predicted octanol–water partition coefficient (Wildman–Crippen LogP) is 1.01. The van der Waals surface area contributed by atoms with E-state index in [1.54, 1.807) is 24.9 Å². The highest BCUT2D eigenvalue weighted by atomic mass is 32.2. The minimum absolute atomic E-state index is 0.125. The molecule has 0 aliphatic rings. The molecule has 0 aliphatic carbocycles. The summed E-state index contributed by atoms with van der Waals surface area (Å²) in [4.78, 5) is 8.01. The lowest BCUT2D eigenvalue weighted by Gasteiger charge is -2.21. The highest BCUT2D eigenvalue weighted by molar-refractivity contribution is 7.99. The van der Waals surface area contributed by atoms with Crippen LogP contribution in [-0.4, -0.2) is 46.3 Å². The summed E-state index contributed by atoms with van der Waals surface area (Å²) in [6.07, 6.45) is 3.42. The van der Waals surface area contributed by atoms with Crippen molar-refractivity contribution in [2.75, 3.05) is 25.3 Å². The number of anilines is 1. The first kappa shape index (κ1) is 13.1. The number of hydrogen-bond donors (Lipinski definition) is 2. The lowest BCUT2D eigenvalue weighted by atomic mass is 10.2. The standard InChI is InChI=1S/C10H17N3O2S/c1-7(8(5-14)16-3)13-9-4-10(15-2)12-6-11-9/h4,6-8,14H,5H2,1-3H3,(H,11,12,13). The first-order valence-corrected chi connectivity index (χ1v) is 6.26. The summed E-state index contributed by atoms with van der Waals surface area (Å²) >= 11 is 1.62. The Balaban J connectivity index is 2.64. The van der Waals surface area contributed by atoms with Crippen LogP contribution in [0.3, 0.4) is 0 Å². The smallest absolute Gasteiger partial charge is 0.218 e. The Morgan fingerprint density at radius 1 is 1.56 bits per heavy atom. The van der Waals surface area contributed by atoms with Crippen molar-refractivity contribution in [2.24, 2.45) is 0 Å². The topological polar surface area (TPSA) is 67.3 Å². The number of aliphatic hydroxyl groups excluding tert-OH is 1. The Morgan fingerprint density at radius 3 is 2.88 bits per heavy atom. The fourth-order valence-electron chi connectivity index (χ4n) is 1.29. The van der Waals surface area contributed by atoms with E-state index in [1.807, 2.05) is 13.2 Å². The number of ether oxygens (including phenoxy) is 1. The summed E-state index contributed by atoms with van der Waals surface area (Å²) in [5, 5.41) is 12.5. The van der Waals surface area contributed by atoms with Gasteiger partial charge in [-0.3, -0.25) is 0 Å². The van der Waals surface area contributed by atoms with E-state index in [0.29, 0.717) is 11.7 Å². The molecule has 90 valence electrons. The number of nitrogens with zero attached hydrogens (tertiary/aromatic N) is 2. The zero-order valence-electron chi connectivity index (χ0n) is 9.67. The van der Waals surface area contributed by atoms with Gasteiger partial charge in [-0.2, -0.15) is 11.8 Å². The largest absolute Gasteiger partial charge is 0.481 e. The van der Waals surface area contributed by atoms with Crippen LogP contribution < -0.4 is 10.1 Å². The van der Waals surface area contributed by atoms with Crippen molar-refractivity contribution < 1.29 is 9.84 Å². The quantitative estimate of drug-likeness (QED) is 0.777. The molecule has 2 atom stereocenters. The molecule has 0 aromatic carbocycles. The van der Waals surface area contributed by atoms with Crippen molar-refractivity contribution in [3.05, 3.63) is 12.4 Å². The Morgan fingerprint density at radius 2 is 2.31 bits per heavy atom. The van der Waals surface area contributed by atoms with Gasteiger partial charge in [0, 0.05) is 17.4 Å². The number of aromatic nitrogens is 2. The molecule has 0 aliphatic heterocycles. The first-order valence-electron chi connectivity index (χ1n) is 4.97. The van der Waals surface area contributed by atoms with Gasteiger partial charge in [-0.1, -0.05) is 0 Å². The van der Waals surface area contributed by atoms with Gasteiger partial charge >= 0.3 is 0 Å². The SMILES string of the molecule is COc1cc(NC(C)C(CO)SC)ncn1. The van der Waals surface area contributed by atoms with Crippen LogP contribution in [0.5, 0.6) is 5.88 Å². The molecule has 0 amide bonds. The van der Waals surface area contributed by atoms with Crippen molar-refractivity contribution in [2.45, 2.75) is 18.2 Å². The van der Waals surface area contributed by atoms with Gasteiger partial charge in [0.05, 0.1) is 13.7 Å². The van der Waals surface area contributed by atoms with Crippen molar-refractivity contribution in [1.82, 2.24) is 9.97 Å². The average molecular weight is 243 g/mol. The van der Waals surface area contributed by atoms with Gasteiger partial charge in [0.15, 0.2) is 0 Å². The average Bonchev–Trinajstić information content (AvgIpc) is 2.31. The van der Waals surface area contributed by atoms with E-state index in [4.69, 9.17) is 9.84 Å². The van der Waals surface area contributed by atoms with Crippen LogP contribution in [0.2, 0.25) is 0 Å². The van der Waals surface area contributed by atoms with Crippen molar-refractivity contribution >= 4 is 17.6 Å². The molecule has 1 aromatic rings. The van der Waals surface area contributed by atoms with Gasteiger partial charge in [0.1, 0.15) is 12.1 Å². The number of thioether (sulfide) groups is 1. The minimum Gasteiger partial charge on any atom is -0.481 e. The predicted molar refractivity (Wildman–Crippen MR) is 66.1 cm³/mol. The molecule has 0 saturated heterocycles. The van der Waals surface area contributed by atoms with Gasteiger partial charge in [-0.25, -0.2) is 9.97 Å². The van der Waals surface area contributed by atoms with E-state index in [1.165, 1.54) is 6.33 Å². The van der Waals surface area contributed by atoms with Crippen molar-refractivity contribution in [3.63, 3.8) is 0 Å². The van der Waals surface area contributed by atoms with Crippen LogP contribution in [0.15, 0.2) is 12.4 Å². The van der Waals surface area contributed by atoms with Crippen LogP contribution in [0, 0.1) is 0 Å². The molecule has 0 saturated carbocycles. The van der Waals surface area contributed by atoms with E-state index >= 15 is 0 Å². The number of rotatable bonds is 6. The number of hydrogen-bond acceptors (Lipinski definition) is 6. The van der Waals surface area contributed by atoms with E-state index in [9.17, 15) is 0 Å². The lowest BCUT2D eigenvalue weighted by molar-refractivity contribution is 0.288. The molecule has 0 fully saturated rings. The van der Waals surface area contributed by atoms with Crippen LogP contribution in [-0.2, 0) is 0 Å². The molecular formula is C10H17N3O2S. The van der Waals surface area contributed by atoms with Crippen LogP contribution in [0.25, 0.3) is 0 Å². The van der Waals surface area contributed by atoms with E-state index in [2.05, 4.69) is 15.3 Å². The summed E-state index contributed by atoms with van der Waals surface area (Å²) < 4.78 is 5.00. The molecule has 16 heavy (non-hydrogen) atoms. The molecule has 0 spiro atoms. The summed E-state index contributed by atoms with van der Waals surface area (Å²) in [5.41, 5.74) is 0. The summed E-state index contributed by atoms with van der Waals surface area (Å²) in [7, 11) is 1.56. The number of methoxy groups -OCH3 is 1. The third-order valence-electron chi connectivity index (χ3n) is 2.27. The second-order valence-corrected chi connectivity index (χ2v) is 4.41. The maximum absolute atomic E-state index is 9.16. The molecule has 0 radical (unpaired) electrons. The zero-order valence-corrected chi connectivity index (χ0v) is 10.5. The maximum Gasteiger partial charge on any atom is 0.218 e. The summed E-state index contributed by atoms with van der Waals surface area (Å²) in [5.74, 6) is 1.22. The zero-order chi connectivity index (χ0) is 12.0. The van der Waals surface area contributed by atoms with E-state index in [0.717, 1.165) is 0 Å². The molecule has 2 unspecified atom stereocenters. The van der Waals surface area contributed by atoms with Gasteiger partial charge in [0.2, 0.25) is 5.88 Å². The molecular weight excluding hydrogens is 226 g/mol. The Hall–Kier alpha value is -1.01. The molecule has 5 nitrogen and oxygen atoms in total. The molecule has 2 N–H and O–H groups in total. The highest BCUT2D eigenvalue weighted by Crippen LogP contribution is 2.16. The molecule has 1 heterocycles. The Kier molecular flexibility index (Phi) is 5.34. The summed E-state index contributed by atoms with van der Waals surface area (Å²) in [6.45, 7) is 2.14. The monoisotopic (exact) mass is 243 g/mol. The van der Waals surface area contributed by atoms with Gasteiger partial charge in [-0.15, -0.1) is 0 Å². The van der Waals surface area contributed by atoms with Gasteiger partial charge < -0.3 is 15.2 Å². The Bertz CT molecular complexity index is 321. The minimum atomic E-state index is 0.125. The second kappa shape index (κ2) is 6.55. The van der Waals surface area contributed by atoms with Crippen LogP contribution in [0.4, 0.5) is 5.82 Å². The third kappa shape index (κ3) is 3.53. The van der Waals surface area contributed by atoms with E-state index < -0.39 is 0 Å². The van der Waals surface area contributed by atoms with Crippen LogP contribution >= 0.6 is 11.8 Å². The fourth-order valence-corrected chi connectivity index (χ4v) is 1.92. The molecule has 1 rings (SSSR count). The maximum atomic E-state index is 9.16. The summed E-state index contributed by atoms with van der Waals surface area (Å²) in [6, 6.07) is 1.85. The van der Waals surface area contributed by atoms with Crippen molar-refractivity contribution in [3.8, 4) is 5.88 Å². The van der Waals surface area contributed by atoms with Gasteiger partial charge in [-0.05, 0) is 13.2 Å². The number of aliphatic hydroxyl groups is 1. The van der Waals surface area contributed by atoms with Crippen molar-refractivity contribution in [1.29, 1.82) is 0 Å². The Labute approximate surface area is 99.6 Å². The second-order valence-electron chi connectivity index (χ2n) is 3.34. The molecule has 6 heteroatoms. The fraction of sp³-hybridized carbons (Fsp3) is 0.600. The van der Waals surface area contributed by atoms with E-state index in [-0.39, 0.29) is 17.9 Å². The van der Waals surface area contributed by atoms with Crippen LogP contribution in [0.1, 0.15) is 6.92 Å². The molecule has 1 aromatic heterocycles. The number of nitrogens with one attached hydrogen (secondary N) is 1. The lowest BCUT2D eigenvalue weighted by Crippen LogP contribution is -2.31. The molecule has 0 bridgehead atoms. The normalized spacial score (nSPS) is 14.2.